The molecule has 1 nitrogen and oxygen atoms in total. The van der Waals surface area contributed by atoms with Crippen LogP contribution in [-0.4, -0.2) is 24.5 Å². The molecule has 0 fully saturated rings. The van der Waals surface area contributed by atoms with Gasteiger partial charge in [-0.15, -0.1) is 0 Å². The maximum Gasteiger partial charge on any atom is -0.00189 e. The van der Waals surface area contributed by atoms with Gasteiger partial charge in [0.25, 0.3) is 0 Å². The Hall–Kier alpha value is -0.0400. The van der Waals surface area contributed by atoms with E-state index in [0.29, 0.717) is 0 Å². The molecular formula is C11H25N. The summed E-state index contributed by atoms with van der Waals surface area (Å²) in [6, 6.07) is 0. The van der Waals surface area contributed by atoms with E-state index in [2.05, 4.69) is 25.7 Å². The molecule has 74 valence electrons. The Balaban J connectivity index is 3.19. The molecule has 0 spiro atoms. The first-order valence-electron chi connectivity index (χ1n) is 5.57. The van der Waals surface area contributed by atoms with Crippen molar-refractivity contribution >= 4 is 0 Å². The molecule has 0 aliphatic carbocycles. The Morgan fingerprint density at radius 1 is 0.750 bits per heavy atom. The van der Waals surface area contributed by atoms with E-state index in [4.69, 9.17) is 0 Å². The molecule has 0 heterocycles. The van der Waals surface area contributed by atoms with Gasteiger partial charge in [0.05, 0.1) is 0 Å². The van der Waals surface area contributed by atoms with Gasteiger partial charge in [-0.1, -0.05) is 40.0 Å². The van der Waals surface area contributed by atoms with Crippen LogP contribution in [0.15, 0.2) is 0 Å². The third-order valence-corrected chi connectivity index (χ3v) is 2.31. The summed E-state index contributed by atoms with van der Waals surface area (Å²) in [4.78, 5) is 2.55. The van der Waals surface area contributed by atoms with Gasteiger partial charge in [-0.25, -0.2) is 0 Å². The lowest BCUT2D eigenvalue weighted by molar-refractivity contribution is 0.281. The molecule has 0 aliphatic heterocycles. The zero-order valence-electron chi connectivity index (χ0n) is 9.10. The minimum absolute atomic E-state index is 1.22. The van der Waals surface area contributed by atoms with Gasteiger partial charge >= 0.3 is 0 Å². The first kappa shape index (κ1) is 12.0. The second-order valence-electron chi connectivity index (χ2n) is 3.49. The van der Waals surface area contributed by atoms with Gasteiger partial charge in [0.1, 0.15) is 0 Å². The molecule has 0 amide bonds. The zero-order valence-corrected chi connectivity index (χ0v) is 9.10. The summed E-state index contributed by atoms with van der Waals surface area (Å²) in [5.74, 6) is 0. The predicted octanol–water partition coefficient (Wildman–Crippen LogP) is 3.30. The van der Waals surface area contributed by atoms with Gasteiger partial charge in [-0.2, -0.15) is 0 Å². The average Bonchev–Trinajstić information content (AvgIpc) is 2.10. The van der Waals surface area contributed by atoms with Crippen molar-refractivity contribution in [3.8, 4) is 0 Å². The molecule has 0 rings (SSSR count). The Morgan fingerprint density at radius 2 is 1.50 bits per heavy atom. The first-order chi connectivity index (χ1) is 5.85. The summed E-state index contributed by atoms with van der Waals surface area (Å²) in [5.41, 5.74) is 0. The van der Waals surface area contributed by atoms with Gasteiger partial charge in [0.15, 0.2) is 0 Å². The molecular weight excluding hydrogens is 146 g/mol. The fourth-order valence-electron chi connectivity index (χ4n) is 1.51. The van der Waals surface area contributed by atoms with Crippen molar-refractivity contribution < 1.29 is 0 Å². The van der Waals surface area contributed by atoms with E-state index in [1.807, 2.05) is 0 Å². The average molecular weight is 171 g/mol. The van der Waals surface area contributed by atoms with Crippen molar-refractivity contribution in [2.24, 2.45) is 0 Å². The standard InChI is InChI=1S/C11H25N/c1-4-7-8-9-11-12(6-3)10-5-2/h4-11H2,1-3H3. The molecule has 12 heavy (non-hydrogen) atoms. The SMILES string of the molecule is CCCCCCN(CC)CCC. The fourth-order valence-corrected chi connectivity index (χ4v) is 1.51. The highest BCUT2D eigenvalue weighted by molar-refractivity contribution is 4.54. The van der Waals surface area contributed by atoms with Crippen LogP contribution < -0.4 is 0 Å². The van der Waals surface area contributed by atoms with E-state index >= 15 is 0 Å². The monoisotopic (exact) mass is 171 g/mol. The van der Waals surface area contributed by atoms with Crippen LogP contribution in [0.2, 0.25) is 0 Å². The summed E-state index contributed by atoms with van der Waals surface area (Å²) < 4.78 is 0. The maximum absolute atomic E-state index is 2.55. The second-order valence-corrected chi connectivity index (χ2v) is 3.49. The Kier molecular flexibility index (Phi) is 9.02. The summed E-state index contributed by atoms with van der Waals surface area (Å²) in [7, 11) is 0. The molecule has 0 bridgehead atoms. The lowest BCUT2D eigenvalue weighted by atomic mass is 10.2. The molecule has 0 aliphatic rings. The summed E-state index contributed by atoms with van der Waals surface area (Å²) >= 11 is 0. The van der Waals surface area contributed by atoms with Gasteiger partial charge in [-0.3, -0.25) is 0 Å². The summed E-state index contributed by atoms with van der Waals surface area (Å²) in [6.45, 7) is 10.6. The Bertz CT molecular complexity index is 81.1. The highest BCUT2D eigenvalue weighted by atomic mass is 15.1. The van der Waals surface area contributed by atoms with Gasteiger partial charge in [0, 0.05) is 0 Å². The fraction of sp³-hybridized carbons (Fsp3) is 1.00. The molecule has 0 aromatic carbocycles. The van der Waals surface area contributed by atoms with Gasteiger partial charge in [0.2, 0.25) is 0 Å². The van der Waals surface area contributed by atoms with E-state index in [1.54, 1.807) is 0 Å². The number of nitrogens with zero attached hydrogens (tertiary/aromatic N) is 1. The molecule has 0 saturated heterocycles. The van der Waals surface area contributed by atoms with E-state index in [0.717, 1.165) is 0 Å². The van der Waals surface area contributed by atoms with Crippen molar-refractivity contribution in [1.29, 1.82) is 0 Å². The minimum Gasteiger partial charge on any atom is -0.304 e. The van der Waals surface area contributed by atoms with Crippen molar-refractivity contribution in [2.45, 2.75) is 52.9 Å². The predicted molar refractivity (Wildman–Crippen MR) is 56.5 cm³/mol. The van der Waals surface area contributed by atoms with E-state index in [1.165, 1.54) is 51.7 Å². The highest BCUT2D eigenvalue weighted by Crippen LogP contribution is 2.01. The lowest BCUT2D eigenvalue weighted by Gasteiger charge is -2.18. The van der Waals surface area contributed by atoms with Crippen LogP contribution >= 0.6 is 0 Å². The smallest absolute Gasteiger partial charge is 0.00189 e. The Morgan fingerprint density at radius 3 is 2.00 bits per heavy atom. The first-order valence-corrected chi connectivity index (χ1v) is 5.57. The molecule has 0 saturated carbocycles. The second kappa shape index (κ2) is 9.05. The van der Waals surface area contributed by atoms with Crippen LogP contribution in [0.5, 0.6) is 0 Å². The summed E-state index contributed by atoms with van der Waals surface area (Å²) in [5, 5.41) is 0. The van der Waals surface area contributed by atoms with E-state index < -0.39 is 0 Å². The molecule has 0 aromatic heterocycles. The third kappa shape index (κ3) is 6.66. The minimum atomic E-state index is 1.22. The van der Waals surface area contributed by atoms with Crippen LogP contribution in [0, 0.1) is 0 Å². The summed E-state index contributed by atoms with van der Waals surface area (Å²) in [6.07, 6.45) is 6.85. The van der Waals surface area contributed by atoms with Crippen molar-refractivity contribution in [3.05, 3.63) is 0 Å². The molecule has 0 unspecified atom stereocenters. The molecule has 0 radical (unpaired) electrons. The Labute approximate surface area is 78.1 Å². The van der Waals surface area contributed by atoms with E-state index in [-0.39, 0.29) is 0 Å². The third-order valence-electron chi connectivity index (χ3n) is 2.31. The number of rotatable bonds is 8. The van der Waals surface area contributed by atoms with Crippen LogP contribution in [0.25, 0.3) is 0 Å². The largest absolute Gasteiger partial charge is 0.304 e. The number of hydrogen-bond donors (Lipinski definition) is 0. The van der Waals surface area contributed by atoms with Crippen molar-refractivity contribution in [3.63, 3.8) is 0 Å². The zero-order chi connectivity index (χ0) is 9.23. The molecule has 0 aromatic rings. The lowest BCUT2D eigenvalue weighted by Crippen LogP contribution is -2.25. The van der Waals surface area contributed by atoms with Crippen molar-refractivity contribution in [1.82, 2.24) is 4.90 Å². The quantitative estimate of drug-likeness (QED) is 0.506. The van der Waals surface area contributed by atoms with Gasteiger partial charge < -0.3 is 4.90 Å². The van der Waals surface area contributed by atoms with Crippen LogP contribution in [0.1, 0.15) is 52.9 Å². The highest BCUT2D eigenvalue weighted by Gasteiger charge is 1.98. The van der Waals surface area contributed by atoms with Crippen LogP contribution in [0.4, 0.5) is 0 Å². The number of hydrogen-bond acceptors (Lipinski definition) is 1. The normalized spacial score (nSPS) is 11.0. The molecule has 1 heteroatoms. The van der Waals surface area contributed by atoms with Crippen LogP contribution in [0.3, 0.4) is 0 Å². The number of unbranched alkanes of at least 4 members (excludes halogenated alkanes) is 3. The maximum atomic E-state index is 2.55. The molecule has 0 atom stereocenters. The van der Waals surface area contributed by atoms with Gasteiger partial charge in [-0.05, 0) is 32.5 Å². The molecule has 0 N–H and O–H groups in total. The topological polar surface area (TPSA) is 3.24 Å². The van der Waals surface area contributed by atoms with Crippen molar-refractivity contribution in [2.75, 3.05) is 19.6 Å². The van der Waals surface area contributed by atoms with Crippen LogP contribution in [-0.2, 0) is 0 Å². The van der Waals surface area contributed by atoms with E-state index in [9.17, 15) is 0 Å².